The zero-order chi connectivity index (χ0) is 26.2. The van der Waals surface area contributed by atoms with E-state index in [9.17, 15) is 18.8 Å². The van der Waals surface area contributed by atoms with Crippen LogP contribution in [-0.2, 0) is 22.7 Å². The van der Waals surface area contributed by atoms with E-state index in [-0.39, 0.29) is 23.8 Å². The molecule has 1 aliphatic carbocycles. The van der Waals surface area contributed by atoms with Crippen LogP contribution in [0.3, 0.4) is 0 Å². The van der Waals surface area contributed by atoms with Crippen molar-refractivity contribution in [3.05, 3.63) is 59.2 Å². The van der Waals surface area contributed by atoms with E-state index in [4.69, 9.17) is 0 Å². The second-order valence-electron chi connectivity index (χ2n) is 11.0. The van der Waals surface area contributed by atoms with Crippen molar-refractivity contribution in [3.63, 3.8) is 0 Å². The average molecular weight is 508 g/mol. The molecule has 1 aromatic carbocycles. The van der Waals surface area contributed by atoms with Gasteiger partial charge in [-0.1, -0.05) is 18.6 Å². The monoisotopic (exact) mass is 507 g/mol. The van der Waals surface area contributed by atoms with Crippen molar-refractivity contribution < 1.29 is 18.8 Å². The second kappa shape index (κ2) is 10.1. The lowest BCUT2D eigenvalue weighted by Crippen LogP contribution is -2.58. The maximum Gasteiger partial charge on any atom is 0.322 e. The highest BCUT2D eigenvalue weighted by Gasteiger charge is 2.38. The second-order valence-corrected chi connectivity index (χ2v) is 11.0. The van der Waals surface area contributed by atoms with E-state index in [0.29, 0.717) is 37.8 Å². The van der Waals surface area contributed by atoms with Crippen LogP contribution >= 0.6 is 0 Å². The zero-order valence-corrected chi connectivity index (χ0v) is 21.4. The van der Waals surface area contributed by atoms with Gasteiger partial charge in [0.15, 0.2) is 0 Å². The van der Waals surface area contributed by atoms with Gasteiger partial charge in [-0.3, -0.25) is 14.6 Å². The third-order valence-electron chi connectivity index (χ3n) is 7.88. The number of aromatic nitrogens is 1. The van der Waals surface area contributed by atoms with E-state index < -0.39 is 11.4 Å². The molecular formula is C28H34FN5O3. The fourth-order valence-electron chi connectivity index (χ4n) is 5.36. The summed E-state index contributed by atoms with van der Waals surface area (Å²) in [6.45, 7) is 5.57. The first-order valence-electron chi connectivity index (χ1n) is 13.1. The van der Waals surface area contributed by atoms with Crippen LogP contribution in [0, 0.1) is 11.7 Å². The predicted octanol–water partition coefficient (Wildman–Crippen LogP) is 4.17. The molecule has 0 spiro atoms. The summed E-state index contributed by atoms with van der Waals surface area (Å²) in [6, 6.07) is 9.02. The molecule has 1 saturated carbocycles. The minimum atomic E-state index is -0.902. The van der Waals surface area contributed by atoms with Crippen molar-refractivity contribution in [1.82, 2.24) is 20.1 Å². The number of urea groups is 1. The Kier molecular flexibility index (Phi) is 6.88. The number of nitrogens with one attached hydrogen (secondary N) is 2. The van der Waals surface area contributed by atoms with Crippen LogP contribution < -0.4 is 10.6 Å². The summed E-state index contributed by atoms with van der Waals surface area (Å²) in [5.41, 5.74) is 2.43. The lowest BCUT2D eigenvalue weighted by atomic mass is 9.84. The van der Waals surface area contributed by atoms with Crippen LogP contribution in [0.5, 0.6) is 0 Å². The molecule has 5 rings (SSSR count). The number of carbonyl (C=O) groups excluding carboxylic acids is 3. The SMILES string of the molecule is CC(C)(NC(=O)C1CCC1)C(=O)N1CCC(c2ccc(NC(=O)N3Cc4cc(F)cnc4C3)cc2)CC1. The number of benzene rings is 1. The Hall–Kier alpha value is -3.49. The van der Waals surface area contributed by atoms with Crippen LogP contribution in [-0.4, -0.2) is 51.3 Å². The van der Waals surface area contributed by atoms with E-state index in [0.717, 1.165) is 43.4 Å². The van der Waals surface area contributed by atoms with Gasteiger partial charge in [-0.25, -0.2) is 9.18 Å². The molecule has 0 unspecified atom stereocenters. The van der Waals surface area contributed by atoms with E-state index >= 15 is 0 Å². The van der Waals surface area contributed by atoms with Gasteiger partial charge in [-0.15, -0.1) is 0 Å². The number of pyridine rings is 1. The lowest BCUT2D eigenvalue weighted by molar-refractivity contribution is -0.143. The molecular weight excluding hydrogens is 473 g/mol. The van der Waals surface area contributed by atoms with Gasteiger partial charge in [0.25, 0.3) is 0 Å². The molecule has 2 N–H and O–H groups in total. The van der Waals surface area contributed by atoms with Gasteiger partial charge < -0.3 is 20.4 Å². The van der Waals surface area contributed by atoms with Gasteiger partial charge in [0.05, 0.1) is 18.4 Å². The largest absolute Gasteiger partial charge is 0.342 e. The average Bonchev–Trinajstić information content (AvgIpc) is 3.26. The summed E-state index contributed by atoms with van der Waals surface area (Å²) in [7, 11) is 0. The molecule has 9 heteroatoms. The van der Waals surface area contributed by atoms with Gasteiger partial charge in [-0.05, 0) is 74.8 Å². The van der Waals surface area contributed by atoms with Gasteiger partial charge in [0, 0.05) is 31.2 Å². The van der Waals surface area contributed by atoms with Crippen LogP contribution in [0.2, 0.25) is 0 Å². The minimum Gasteiger partial charge on any atom is -0.342 e. The molecule has 2 aliphatic heterocycles. The zero-order valence-electron chi connectivity index (χ0n) is 21.4. The highest BCUT2D eigenvalue weighted by Crippen LogP contribution is 2.31. The molecule has 2 fully saturated rings. The summed E-state index contributed by atoms with van der Waals surface area (Å²) in [5.74, 6) is -0.0502. The van der Waals surface area contributed by atoms with Crippen molar-refractivity contribution in [2.45, 2.75) is 70.5 Å². The molecule has 8 nitrogen and oxygen atoms in total. The predicted molar refractivity (Wildman–Crippen MR) is 137 cm³/mol. The Morgan fingerprint density at radius 3 is 2.35 bits per heavy atom. The number of anilines is 1. The smallest absolute Gasteiger partial charge is 0.322 e. The van der Waals surface area contributed by atoms with E-state index in [2.05, 4.69) is 15.6 Å². The number of hydrogen-bond donors (Lipinski definition) is 2. The number of fused-ring (bicyclic) bond motifs is 1. The van der Waals surface area contributed by atoms with Crippen molar-refractivity contribution >= 4 is 23.5 Å². The van der Waals surface area contributed by atoms with Crippen molar-refractivity contribution in [3.8, 4) is 0 Å². The van der Waals surface area contributed by atoms with Crippen molar-refractivity contribution in [1.29, 1.82) is 0 Å². The Morgan fingerprint density at radius 2 is 1.70 bits per heavy atom. The van der Waals surface area contributed by atoms with E-state index in [1.165, 1.54) is 17.8 Å². The Labute approximate surface area is 216 Å². The normalized spacial score (nSPS) is 18.2. The molecule has 1 aromatic heterocycles. The molecule has 0 atom stereocenters. The first kappa shape index (κ1) is 25.2. The van der Waals surface area contributed by atoms with E-state index in [1.807, 2.05) is 29.2 Å². The highest BCUT2D eigenvalue weighted by molar-refractivity contribution is 5.92. The van der Waals surface area contributed by atoms with E-state index in [1.54, 1.807) is 18.7 Å². The molecule has 3 aliphatic rings. The van der Waals surface area contributed by atoms with Crippen LogP contribution in [0.4, 0.5) is 14.9 Å². The number of amides is 4. The molecule has 0 radical (unpaired) electrons. The summed E-state index contributed by atoms with van der Waals surface area (Å²) in [4.78, 5) is 45.7. The van der Waals surface area contributed by atoms with Gasteiger partial charge in [0.1, 0.15) is 11.4 Å². The fourth-order valence-corrected chi connectivity index (χ4v) is 5.36. The number of halogens is 1. The van der Waals surface area contributed by atoms with Crippen molar-refractivity contribution in [2.24, 2.45) is 5.92 Å². The maximum absolute atomic E-state index is 13.4. The standard InChI is InChI=1S/C28H34FN5O3/c1-28(2,32-25(35)20-4-3-5-20)26(36)33-12-10-19(11-13-33)18-6-8-23(9-7-18)31-27(37)34-16-21-14-22(29)15-30-24(21)17-34/h6-9,14-15,19-20H,3-5,10-13,16-17H2,1-2H3,(H,31,37)(H,32,35). The molecule has 37 heavy (non-hydrogen) atoms. The first-order chi connectivity index (χ1) is 17.7. The molecule has 196 valence electrons. The maximum atomic E-state index is 13.4. The number of piperidine rings is 1. The molecule has 2 aromatic rings. The number of likely N-dealkylation sites (tertiary alicyclic amines) is 1. The Balaban J connectivity index is 1.11. The lowest BCUT2D eigenvalue weighted by Gasteiger charge is -2.38. The Bertz CT molecular complexity index is 1190. The summed E-state index contributed by atoms with van der Waals surface area (Å²) in [6.07, 6.45) is 5.78. The molecule has 3 heterocycles. The molecule has 4 amide bonds. The summed E-state index contributed by atoms with van der Waals surface area (Å²) in [5, 5.41) is 5.87. The van der Waals surface area contributed by atoms with Crippen LogP contribution in [0.25, 0.3) is 0 Å². The Morgan fingerprint density at radius 1 is 1.00 bits per heavy atom. The molecule has 0 bridgehead atoms. The van der Waals surface area contributed by atoms with Gasteiger partial charge in [0.2, 0.25) is 11.8 Å². The third-order valence-corrected chi connectivity index (χ3v) is 7.88. The highest BCUT2D eigenvalue weighted by atomic mass is 19.1. The third kappa shape index (κ3) is 5.45. The summed E-state index contributed by atoms with van der Waals surface area (Å²) >= 11 is 0. The molecule has 1 saturated heterocycles. The topological polar surface area (TPSA) is 94.6 Å². The number of carbonyl (C=O) groups is 3. The quantitative estimate of drug-likeness (QED) is 0.635. The van der Waals surface area contributed by atoms with Crippen molar-refractivity contribution in [2.75, 3.05) is 18.4 Å². The van der Waals surface area contributed by atoms with Gasteiger partial charge >= 0.3 is 6.03 Å². The number of hydrogen-bond acceptors (Lipinski definition) is 4. The van der Waals surface area contributed by atoms with Gasteiger partial charge in [-0.2, -0.15) is 0 Å². The number of nitrogens with zero attached hydrogens (tertiary/aromatic N) is 3. The minimum absolute atomic E-state index is 0.00787. The first-order valence-corrected chi connectivity index (χ1v) is 13.1. The van der Waals surface area contributed by atoms with Crippen LogP contribution in [0.1, 0.15) is 68.7 Å². The number of rotatable bonds is 5. The fraction of sp³-hybridized carbons (Fsp3) is 0.500. The summed E-state index contributed by atoms with van der Waals surface area (Å²) < 4.78 is 13.4. The van der Waals surface area contributed by atoms with Crippen LogP contribution in [0.15, 0.2) is 36.5 Å².